The Kier molecular flexibility index (Phi) is 4.94. The van der Waals surface area contributed by atoms with Crippen molar-refractivity contribution < 1.29 is 19.8 Å². The third-order valence-electron chi connectivity index (χ3n) is 3.15. The molecule has 0 saturated heterocycles. The zero-order chi connectivity index (χ0) is 12.8. The van der Waals surface area contributed by atoms with Crippen molar-refractivity contribution in [2.45, 2.75) is 38.5 Å². The monoisotopic (exact) mass is 236 g/mol. The molecular weight excluding hydrogens is 220 g/mol. The van der Waals surface area contributed by atoms with Crippen molar-refractivity contribution in [2.75, 3.05) is 0 Å². The zero-order valence-electron chi connectivity index (χ0n) is 9.74. The van der Waals surface area contributed by atoms with Crippen LogP contribution in [0.2, 0.25) is 0 Å². The summed E-state index contributed by atoms with van der Waals surface area (Å²) in [6.45, 7) is 3.43. The Morgan fingerprint density at radius 1 is 1.12 bits per heavy atom. The third kappa shape index (κ3) is 3.44. The highest BCUT2D eigenvalue weighted by Gasteiger charge is 2.21. The van der Waals surface area contributed by atoms with Crippen LogP contribution in [0.4, 0.5) is 0 Å². The fourth-order valence-corrected chi connectivity index (χ4v) is 2.38. The molecule has 0 aromatic rings. The first-order chi connectivity index (χ1) is 8.07. The van der Waals surface area contributed by atoms with Gasteiger partial charge < -0.3 is 19.8 Å². The number of hydrogen-bond acceptors (Lipinski definition) is 4. The smallest absolute Gasteiger partial charge is 0.0681 e. The number of carbonyl (C=O) groups excluding carboxylic acids is 2. The minimum absolute atomic E-state index is 0.00213. The number of aliphatic carboxylic acids is 2. The normalized spacial score (nSPS) is 18.4. The highest BCUT2D eigenvalue weighted by atomic mass is 16.4. The van der Waals surface area contributed by atoms with Crippen molar-refractivity contribution in [1.29, 1.82) is 0 Å². The average Bonchev–Trinajstić information content (AvgIpc) is 2.29. The van der Waals surface area contributed by atoms with Gasteiger partial charge in [0.05, 0.1) is 11.9 Å². The molecule has 0 aromatic carbocycles. The lowest BCUT2D eigenvalue weighted by molar-refractivity contribution is -0.304. The molecule has 1 rings (SSSR count). The van der Waals surface area contributed by atoms with Crippen LogP contribution in [0.5, 0.6) is 0 Å². The number of carbonyl (C=O) groups is 2. The van der Waals surface area contributed by atoms with Crippen molar-refractivity contribution in [3.05, 3.63) is 23.8 Å². The van der Waals surface area contributed by atoms with E-state index in [1.807, 2.05) is 0 Å². The van der Waals surface area contributed by atoms with Gasteiger partial charge in [0.2, 0.25) is 0 Å². The Labute approximate surface area is 101 Å². The standard InChI is InChI=1S/C13H18O4/c1-2-6-10(12(14)15)11(13(16)17)9-7-4-3-5-8-9/h2,9H,1,3-8H2,(H,14,15)(H,16,17)/p-2/b11-10+. The third-order valence-corrected chi connectivity index (χ3v) is 3.15. The molecule has 0 bridgehead atoms. The van der Waals surface area contributed by atoms with Crippen LogP contribution in [-0.4, -0.2) is 11.9 Å². The Balaban J connectivity index is 3.09. The molecule has 0 heterocycles. The topological polar surface area (TPSA) is 80.3 Å². The number of hydrogen-bond donors (Lipinski definition) is 0. The summed E-state index contributed by atoms with van der Waals surface area (Å²) in [6.07, 6.45) is 5.71. The van der Waals surface area contributed by atoms with Crippen LogP contribution >= 0.6 is 0 Å². The quantitative estimate of drug-likeness (QED) is 0.494. The highest BCUT2D eigenvalue weighted by molar-refractivity contribution is 5.97. The lowest BCUT2D eigenvalue weighted by Crippen LogP contribution is -2.35. The van der Waals surface area contributed by atoms with E-state index >= 15 is 0 Å². The van der Waals surface area contributed by atoms with Crippen molar-refractivity contribution in [3.63, 3.8) is 0 Å². The van der Waals surface area contributed by atoms with Gasteiger partial charge in [-0.15, -0.1) is 6.58 Å². The van der Waals surface area contributed by atoms with Gasteiger partial charge in [0, 0.05) is 0 Å². The van der Waals surface area contributed by atoms with Gasteiger partial charge >= 0.3 is 0 Å². The number of rotatable bonds is 5. The maximum atomic E-state index is 11.1. The maximum Gasteiger partial charge on any atom is 0.0681 e. The van der Waals surface area contributed by atoms with Gasteiger partial charge in [-0.3, -0.25) is 0 Å². The molecule has 1 aliphatic carbocycles. The maximum absolute atomic E-state index is 11.1. The minimum atomic E-state index is -1.44. The predicted octanol–water partition coefficient (Wildman–Crippen LogP) is -0.0608. The van der Waals surface area contributed by atoms with E-state index in [2.05, 4.69) is 6.58 Å². The Bertz CT molecular complexity index is 348. The van der Waals surface area contributed by atoms with Gasteiger partial charge in [0.25, 0.3) is 0 Å². The van der Waals surface area contributed by atoms with E-state index in [-0.39, 0.29) is 23.5 Å². The second kappa shape index (κ2) is 6.23. The van der Waals surface area contributed by atoms with Crippen LogP contribution in [0.25, 0.3) is 0 Å². The molecule has 0 aromatic heterocycles. The van der Waals surface area contributed by atoms with E-state index in [4.69, 9.17) is 0 Å². The van der Waals surface area contributed by atoms with E-state index < -0.39 is 11.9 Å². The Morgan fingerprint density at radius 3 is 2.12 bits per heavy atom. The van der Waals surface area contributed by atoms with Gasteiger partial charge in [-0.05, 0) is 36.3 Å². The van der Waals surface area contributed by atoms with E-state index in [9.17, 15) is 19.8 Å². The van der Waals surface area contributed by atoms with E-state index in [0.29, 0.717) is 12.8 Å². The van der Waals surface area contributed by atoms with Crippen LogP contribution in [0, 0.1) is 5.92 Å². The van der Waals surface area contributed by atoms with Gasteiger partial charge in [0.1, 0.15) is 0 Å². The number of allylic oxidation sites excluding steroid dienone is 1. The summed E-state index contributed by atoms with van der Waals surface area (Å²) >= 11 is 0. The van der Waals surface area contributed by atoms with Crippen molar-refractivity contribution in [3.8, 4) is 0 Å². The highest BCUT2D eigenvalue weighted by Crippen LogP contribution is 2.31. The first-order valence-electron chi connectivity index (χ1n) is 5.84. The molecule has 0 aliphatic heterocycles. The summed E-state index contributed by atoms with van der Waals surface area (Å²) in [6, 6.07) is 0. The fourth-order valence-electron chi connectivity index (χ4n) is 2.38. The second-order valence-corrected chi connectivity index (χ2v) is 4.29. The molecule has 0 atom stereocenters. The molecule has 94 valence electrons. The number of carboxylic acids is 2. The van der Waals surface area contributed by atoms with Crippen LogP contribution in [0.3, 0.4) is 0 Å². The molecule has 0 amide bonds. The van der Waals surface area contributed by atoms with E-state index in [1.165, 1.54) is 6.08 Å². The molecular formula is C13H16O4-2. The molecule has 4 nitrogen and oxygen atoms in total. The van der Waals surface area contributed by atoms with Gasteiger partial charge in [-0.1, -0.05) is 25.3 Å². The van der Waals surface area contributed by atoms with Gasteiger partial charge in [-0.2, -0.15) is 0 Å². The Morgan fingerprint density at radius 2 is 1.71 bits per heavy atom. The summed E-state index contributed by atoms with van der Waals surface area (Å²) in [5.41, 5.74) is -0.281. The van der Waals surface area contributed by atoms with E-state index in [1.54, 1.807) is 0 Å². The molecule has 0 radical (unpaired) electrons. The van der Waals surface area contributed by atoms with Crippen molar-refractivity contribution >= 4 is 11.9 Å². The molecule has 4 heteroatoms. The molecule has 1 fully saturated rings. The summed E-state index contributed by atoms with van der Waals surface area (Å²) in [5, 5.41) is 22.1. The molecule has 1 saturated carbocycles. The summed E-state index contributed by atoms with van der Waals surface area (Å²) in [4.78, 5) is 22.1. The van der Waals surface area contributed by atoms with Crippen LogP contribution in [0.1, 0.15) is 38.5 Å². The summed E-state index contributed by atoms with van der Waals surface area (Å²) in [5.74, 6) is -3.05. The lowest BCUT2D eigenvalue weighted by Gasteiger charge is -2.28. The second-order valence-electron chi connectivity index (χ2n) is 4.29. The summed E-state index contributed by atoms with van der Waals surface area (Å²) in [7, 11) is 0. The van der Waals surface area contributed by atoms with Crippen molar-refractivity contribution in [1.82, 2.24) is 0 Å². The molecule has 17 heavy (non-hydrogen) atoms. The fraction of sp³-hybridized carbons (Fsp3) is 0.538. The predicted molar refractivity (Wildman–Crippen MR) is 58.4 cm³/mol. The van der Waals surface area contributed by atoms with Crippen molar-refractivity contribution in [2.24, 2.45) is 5.92 Å². The lowest BCUT2D eigenvalue weighted by atomic mass is 9.81. The van der Waals surface area contributed by atoms with Gasteiger partial charge in [-0.25, -0.2) is 0 Å². The Hall–Kier alpha value is -1.58. The minimum Gasteiger partial charge on any atom is -0.545 e. The summed E-state index contributed by atoms with van der Waals surface area (Å²) < 4.78 is 0. The zero-order valence-corrected chi connectivity index (χ0v) is 9.74. The molecule has 0 N–H and O–H groups in total. The SMILES string of the molecule is C=CC/C(C(=O)[O-])=C(\C(=O)[O-])C1CCCCC1. The first kappa shape index (κ1) is 13.5. The molecule has 0 unspecified atom stereocenters. The molecule has 1 aliphatic rings. The first-order valence-corrected chi connectivity index (χ1v) is 5.84. The van der Waals surface area contributed by atoms with E-state index in [0.717, 1.165) is 19.3 Å². The average molecular weight is 236 g/mol. The number of carboxylic acid groups (broad SMARTS) is 2. The van der Waals surface area contributed by atoms with Crippen LogP contribution in [0.15, 0.2) is 23.8 Å². The molecule has 0 spiro atoms. The van der Waals surface area contributed by atoms with Crippen LogP contribution < -0.4 is 10.2 Å². The van der Waals surface area contributed by atoms with Gasteiger partial charge in [0.15, 0.2) is 0 Å². The van der Waals surface area contributed by atoms with Crippen LogP contribution in [-0.2, 0) is 9.59 Å². The largest absolute Gasteiger partial charge is 0.545 e.